The highest BCUT2D eigenvalue weighted by atomic mass is 35.5. The van der Waals surface area contributed by atoms with Gasteiger partial charge in [-0.1, -0.05) is 35.3 Å². The van der Waals surface area contributed by atoms with Gasteiger partial charge in [-0.3, -0.25) is 0 Å². The van der Waals surface area contributed by atoms with Gasteiger partial charge in [0.15, 0.2) is 0 Å². The Morgan fingerprint density at radius 2 is 0.775 bits per heavy atom. The van der Waals surface area contributed by atoms with E-state index in [0.29, 0.717) is 56.0 Å². The van der Waals surface area contributed by atoms with Crippen LogP contribution in [0.5, 0.6) is 46.0 Å². The van der Waals surface area contributed by atoms with Gasteiger partial charge in [-0.25, -0.2) is 0 Å². The smallest absolute Gasteiger partial charge is 0.134 e. The zero-order valence-electron chi connectivity index (χ0n) is 22.6. The second-order valence-corrected chi connectivity index (χ2v) is 10.5. The van der Waals surface area contributed by atoms with E-state index in [9.17, 15) is 0 Å². The molecule has 0 bridgehead atoms. The molecule has 6 heteroatoms. The summed E-state index contributed by atoms with van der Waals surface area (Å²) in [5.74, 6) is 5.29. The van der Waals surface area contributed by atoms with Gasteiger partial charge in [0.1, 0.15) is 46.0 Å². The topological polar surface area (TPSA) is 36.9 Å². The zero-order chi connectivity index (χ0) is 28.2. The molecule has 5 rings (SSSR count). The normalized spacial score (nSPS) is 10.8. The van der Waals surface area contributed by atoms with Crippen LogP contribution in [0, 0.1) is 27.7 Å². The molecule has 0 fully saturated rings. The second-order valence-electron chi connectivity index (χ2n) is 9.67. The summed E-state index contributed by atoms with van der Waals surface area (Å²) < 4.78 is 24.7. The highest BCUT2D eigenvalue weighted by Gasteiger charge is 2.12. The molecule has 0 aliphatic rings. The van der Waals surface area contributed by atoms with Crippen molar-refractivity contribution >= 4 is 23.2 Å². The lowest BCUT2D eigenvalue weighted by Gasteiger charge is -2.16. The Hall–Kier alpha value is -4.12. The highest BCUT2D eigenvalue weighted by molar-refractivity contribution is 6.31. The van der Waals surface area contributed by atoms with Gasteiger partial charge in [0.25, 0.3) is 0 Å². The van der Waals surface area contributed by atoms with E-state index in [4.69, 9.17) is 42.1 Å². The third kappa shape index (κ3) is 7.09. The average Bonchev–Trinajstić information content (AvgIpc) is 2.86. The van der Waals surface area contributed by atoms with Gasteiger partial charge in [-0.05, 0) is 117 Å². The fourth-order valence-corrected chi connectivity index (χ4v) is 4.82. The van der Waals surface area contributed by atoms with Crippen LogP contribution in [0.1, 0.15) is 22.3 Å². The number of ether oxygens (including phenoxy) is 4. The van der Waals surface area contributed by atoms with Crippen molar-refractivity contribution in [3.63, 3.8) is 0 Å². The van der Waals surface area contributed by atoms with Crippen LogP contribution < -0.4 is 18.9 Å². The van der Waals surface area contributed by atoms with Crippen LogP contribution in [-0.2, 0) is 0 Å². The van der Waals surface area contributed by atoms with E-state index in [1.54, 1.807) is 12.1 Å². The van der Waals surface area contributed by atoms with Crippen molar-refractivity contribution in [3.8, 4) is 46.0 Å². The summed E-state index contributed by atoms with van der Waals surface area (Å²) in [6, 6.07) is 30.2. The van der Waals surface area contributed by atoms with Gasteiger partial charge >= 0.3 is 0 Å². The Labute approximate surface area is 244 Å². The summed E-state index contributed by atoms with van der Waals surface area (Å²) in [5, 5.41) is 1.25. The van der Waals surface area contributed by atoms with E-state index in [1.165, 1.54) is 0 Å². The van der Waals surface area contributed by atoms with Crippen LogP contribution >= 0.6 is 23.2 Å². The Morgan fingerprint density at radius 1 is 0.400 bits per heavy atom. The molecule has 0 amide bonds. The monoisotopic (exact) mass is 570 g/mol. The summed E-state index contributed by atoms with van der Waals surface area (Å²) in [4.78, 5) is 0. The Bertz CT molecular complexity index is 1520. The predicted octanol–water partition coefficient (Wildman–Crippen LogP) is 11.4. The molecular weight excluding hydrogens is 543 g/mol. The number of halogens is 2. The average molecular weight is 572 g/mol. The van der Waals surface area contributed by atoms with Crippen molar-refractivity contribution in [2.45, 2.75) is 27.7 Å². The molecule has 0 saturated heterocycles. The lowest BCUT2D eigenvalue weighted by Crippen LogP contribution is -1.94. The summed E-state index contributed by atoms with van der Waals surface area (Å²) in [7, 11) is 0. The van der Waals surface area contributed by atoms with Crippen LogP contribution in [0.15, 0.2) is 97.1 Å². The maximum atomic E-state index is 6.30. The number of rotatable bonds is 8. The van der Waals surface area contributed by atoms with Crippen molar-refractivity contribution in [1.82, 2.24) is 0 Å². The Morgan fingerprint density at radius 3 is 1.18 bits per heavy atom. The minimum Gasteiger partial charge on any atom is -0.457 e. The number of hydrogen-bond acceptors (Lipinski definition) is 4. The minimum absolute atomic E-state index is 0.627. The molecule has 5 aromatic rings. The third-order valence-corrected chi connectivity index (χ3v) is 6.46. The van der Waals surface area contributed by atoms with Crippen molar-refractivity contribution < 1.29 is 18.9 Å². The van der Waals surface area contributed by atoms with Crippen LogP contribution in [0.25, 0.3) is 0 Å². The molecule has 0 aliphatic heterocycles. The number of benzene rings is 5. The van der Waals surface area contributed by atoms with Crippen LogP contribution in [0.2, 0.25) is 10.0 Å². The minimum atomic E-state index is 0.627. The van der Waals surface area contributed by atoms with Crippen LogP contribution in [0.4, 0.5) is 0 Å². The second kappa shape index (κ2) is 12.0. The van der Waals surface area contributed by atoms with Crippen LogP contribution in [-0.4, -0.2) is 0 Å². The predicted molar refractivity (Wildman–Crippen MR) is 161 cm³/mol. The Balaban J connectivity index is 1.34. The van der Waals surface area contributed by atoms with Crippen LogP contribution in [0.3, 0.4) is 0 Å². The number of hydrogen-bond donors (Lipinski definition) is 0. The molecule has 0 atom stereocenters. The summed E-state index contributed by atoms with van der Waals surface area (Å²) in [6.45, 7) is 7.92. The van der Waals surface area contributed by atoms with E-state index in [2.05, 4.69) is 0 Å². The van der Waals surface area contributed by atoms with Crippen molar-refractivity contribution in [2.75, 3.05) is 0 Å². The molecule has 40 heavy (non-hydrogen) atoms. The first-order valence-electron chi connectivity index (χ1n) is 12.8. The van der Waals surface area contributed by atoms with E-state index in [1.807, 2.05) is 113 Å². The van der Waals surface area contributed by atoms with Gasteiger partial charge in [0.05, 0.1) is 0 Å². The largest absolute Gasteiger partial charge is 0.457 e. The van der Waals surface area contributed by atoms with E-state index < -0.39 is 0 Å². The molecule has 4 nitrogen and oxygen atoms in total. The summed E-state index contributed by atoms with van der Waals surface area (Å²) in [6.07, 6.45) is 0. The maximum absolute atomic E-state index is 6.30. The van der Waals surface area contributed by atoms with E-state index >= 15 is 0 Å². The molecule has 0 spiro atoms. The highest BCUT2D eigenvalue weighted by Crippen LogP contribution is 2.38. The molecule has 0 aromatic heterocycles. The fraction of sp³-hybridized carbons (Fsp3) is 0.118. The molecule has 0 unspecified atom stereocenters. The third-order valence-electron chi connectivity index (χ3n) is 6.03. The van der Waals surface area contributed by atoms with Gasteiger partial charge in [0.2, 0.25) is 0 Å². The quantitative estimate of drug-likeness (QED) is 0.186. The zero-order valence-corrected chi connectivity index (χ0v) is 24.1. The molecule has 5 aromatic carbocycles. The first-order chi connectivity index (χ1) is 19.2. The first kappa shape index (κ1) is 27.4. The van der Waals surface area contributed by atoms with Gasteiger partial charge < -0.3 is 18.9 Å². The fourth-order valence-electron chi connectivity index (χ4n) is 4.26. The molecule has 0 N–H and O–H groups in total. The first-order valence-corrected chi connectivity index (χ1v) is 13.5. The van der Waals surface area contributed by atoms with Crippen molar-refractivity contribution in [3.05, 3.63) is 129 Å². The molecule has 0 radical (unpaired) electrons. The molecule has 202 valence electrons. The lowest BCUT2D eigenvalue weighted by molar-refractivity contribution is 0.442. The van der Waals surface area contributed by atoms with Crippen molar-refractivity contribution in [1.29, 1.82) is 0 Å². The van der Waals surface area contributed by atoms with E-state index in [0.717, 1.165) is 22.3 Å². The van der Waals surface area contributed by atoms with E-state index in [-0.39, 0.29) is 0 Å². The molecule has 0 aliphatic carbocycles. The van der Waals surface area contributed by atoms with Gasteiger partial charge in [0, 0.05) is 27.7 Å². The summed E-state index contributed by atoms with van der Waals surface area (Å²) in [5.41, 5.74) is 3.90. The standard InChI is InChI=1S/C34H28Cl2O4/c1-21-11-25(35)17-31(13-21)37-27-7-5-9-29(19-27)39-33-15-23(3)16-34(24(33)4)40-30-10-6-8-28(20-30)38-32-14-22(2)12-26(36)18-32/h5-20H,1-4H3. The lowest BCUT2D eigenvalue weighted by atomic mass is 10.1. The van der Waals surface area contributed by atoms with Crippen molar-refractivity contribution in [2.24, 2.45) is 0 Å². The Kier molecular flexibility index (Phi) is 8.20. The summed E-state index contributed by atoms with van der Waals surface area (Å²) >= 11 is 12.4. The molecule has 0 heterocycles. The van der Waals surface area contributed by atoms with Gasteiger partial charge in [-0.15, -0.1) is 0 Å². The number of aryl methyl sites for hydroxylation is 3. The SMILES string of the molecule is Cc1cc(Cl)cc(Oc2cccc(Oc3cc(C)cc(Oc4cccc(Oc5cc(C)cc(Cl)c5)c4)c3C)c2)c1. The van der Waals surface area contributed by atoms with Gasteiger partial charge in [-0.2, -0.15) is 0 Å². The molecular formula is C34H28Cl2O4. The molecule has 0 saturated carbocycles. The maximum Gasteiger partial charge on any atom is 0.134 e.